The molecule has 0 atom stereocenters. The summed E-state index contributed by atoms with van der Waals surface area (Å²) in [6.07, 6.45) is 3.57. The van der Waals surface area contributed by atoms with Crippen molar-refractivity contribution in [2.75, 3.05) is 60.1 Å². The Balaban J connectivity index is 0.00000341. The molecule has 2 aromatic rings. The second kappa shape index (κ2) is 14.3. The first-order valence-corrected chi connectivity index (χ1v) is 10.7. The first-order valence-electron chi connectivity index (χ1n) is 10.7. The molecule has 1 aliphatic rings. The highest BCUT2D eigenvalue weighted by Crippen LogP contribution is 2.18. The van der Waals surface area contributed by atoms with Gasteiger partial charge in [0.2, 0.25) is 0 Å². The molecule has 1 aromatic carbocycles. The summed E-state index contributed by atoms with van der Waals surface area (Å²) >= 11 is 0. The number of ether oxygens (including phenoxy) is 2. The van der Waals surface area contributed by atoms with Crippen molar-refractivity contribution in [1.29, 1.82) is 0 Å². The highest BCUT2D eigenvalue weighted by atomic mass is 127. The van der Waals surface area contributed by atoms with Gasteiger partial charge in [-0.05, 0) is 24.6 Å². The van der Waals surface area contributed by atoms with E-state index in [4.69, 9.17) is 18.9 Å². The minimum absolute atomic E-state index is 0. The van der Waals surface area contributed by atoms with Gasteiger partial charge in [-0.25, -0.2) is 0 Å². The van der Waals surface area contributed by atoms with Crippen LogP contribution in [0.15, 0.2) is 52.1 Å². The predicted molar refractivity (Wildman–Crippen MR) is 134 cm³/mol. The number of rotatable bonds is 10. The molecule has 1 N–H and O–H groups in total. The normalized spacial score (nSPS) is 14.7. The zero-order chi connectivity index (χ0) is 21.0. The standard InChI is InChI=1S/C23H34N4O3.HI/c1-26(19-20-7-3-4-9-22(20)28-2)23(25-12-10-21-8-5-16-30-21)24-11-6-13-27-14-17-29-18-15-27;/h3-5,7-9,16H,6,10-15,17-19H2,1-2H3,(H,24,25);1H. The number of aliphatic imine (C=N–C) groups is 1. The van der Waals surface area contributed by atoms with E-state index in [1.54, 1.807) is 13.4 Å². The lowest BCUT2D eigenvalue weighted by Gasteiger charge is -2.26. The summed E-state index contributed by atoms with van der Waals surface area (Å²) in [6.45, 7) is 7.05. The maximum absolute atomic E-state index is 5.51. The number of hydrogen-bond acceptors (Lipinski definition) is 5. The van der Waals surface area contributed by atoms with Crippen LogP contribution in [0.2, 0.25) is 0 Å². The Hall–Kier alpha value is -1.78. The van der Waals surface area contributed by atoms with Crippen molar-refractivity contribution in [3.05, 3.63) is 54.0 Å². The molecule has 0 amide bonds. The second-order valence-electron chi connectivity index (χ2n) is 7.44. The Labute approximate surface area is 202 Å². The summed E-state index contributed by atoms with van der Waals surface area (Å²) in [5.41, 5.74) is 1.14. The van der Waals surface area contributed by atoms with E-state index in [0.717, 1.165) is 88.4 Å². The van der Waals surface area contributed by atoms with Gasteiger partial charge < -0.3 is 24.1 Å². The quantitative estimate of drug-likeness (QED) is 0.215. The van der Waals surface area contributed by atoms with Crippen LogP contribution in [-0.4, -0.2) is 75.9 Å². The van der Waals surface area contributed by atoms with Gasteiger partial charge in [-0.3, -0.25) is 9.89 Å². The molecular formula is C23H35IN4O3. The average molecular weight is 542 g/mol. The van der Waals surface area contributed by atoms with E-state index in [0.29, 0.717) is 0 Å². The largest absolute Gasteiger partial charge is 0.496 e. The average Bonchev–Trinajstić information content (AvgIpc) is 3.30. The van der Waals surface area contributed by atoms with E-state index >= 15 is 0 Å². The van der Waals surface area contributed by atoms with Gasteiger partial charge in [-0.2, -0.15) is 0 Å². The lowest BCUT2D eigenvalue weighted by atomic mass is 10.2. The smallest absolute Gasteiger partial charge is 0.193 e. The molecule has 7 nitrogen and oxygen atoms in total. The third-order valence-corrected chi connectivity index (χ3v) is 5.19. The minimum Gasteiger partial charge on any atom is -0.496 e. The van der Waals surface area contributed by atoms with Crippen LogP contribution in [0.25, 0.3) is 0 Å². The van der Waals surface area contributed by atoms with Gasteiger partial charge in [-0.1, -0.05) is 18.2 Å². The molecule has 0 aliphatic carbocycles. The van der Waals surface area contributed by atoms with E-state index in [9.17, 15) is 0 Å². The number of hydrogen-bond donors (Lipinski definition) is 1. The number of nitrogens with zero attached hydrogens (tertiary/aromatic N) is 3. The van der Waals surface area contributed by atoms with Gasteiger partial charge in [0.1, 0.15) is 11.5 Å². The summed E-state index contributed by atoms with van der Waals surface area (Å²) in [4.78, 5) is 9.47. The number of halogens is 1. The SMILES string of the molecule is COc1ccccc1CN(C)C(=NCCCN1CCOCC1)NCCc1ccco1.I. The van der Waals surface area contributed by atoms with Gasteiger partial charge >= 0.3 is 0 Å². The van der Waals surface area contributed by atoms with Crippen LogP contribution in [0.4, 0.5) is 0 Å². The predicted octanol–water partition coefficient (Wildman–Crippen LogP) is 3.25. The molecule has 1 saturated heterocycles. The number of benzene rings is 1. The summed E-state index contributed by atoms with van der Waals surface area (Å²) in [7, 11) is 3.77. The Morgan fingerprint density at radius 3 is 2.74 bits per heavy atom. The number of guanidine groups is 1. The van der Waals surface area contributed by atoms with Crippen LogP contribution in [0.3, 0.4) is 0 Å². The fourth-order valence-corrected chi connectivity index (χ4v) is 3.53. The van der Waals surface area contributed by atoms with E-state index in [-0.39, 0.29) is 24.0 Å². The van der Waals surface area contributed by atoms with E-state index < -0.39 is 0 Å². The van der Waals surface area contributed by atoms with E-state index in [1.807, 2.05) is 30.3 Å². The van der Waals surface area contributed by atoms with Crippen LogP contribution in [0.1, 0.15) is 17.7 Å². The topological polar surface area (TPSA) is 62.5 Å². The fraction of sp³-hybridized carbons (Fsp3) is 0.522. The van der Waals surface area contributed by atoms with Crippen molar-refractivity contribution in [3.63, 3.8) is 0 Å². The molecule has 2 heterocycles. The Morgan fingerprint density at radius 2 is 2.00 bits per heavy atom. The van der Waals surface area contributed by atoms with Crippen LogP contribution in [0, 0.1) is 0 Å². The molecule has 172 valence electrons. The van der Waals surface area contributed by atoms with Crippen molar-refractivity contribution in [1.82, 2.24) is 15.1 Å². The molecule has 3 rings (SSSR count). The maximum atomic E-state index is 5.51. The van der Waals surface area contributed by atoms with Crippen LogP contribution < -0.4 is 10.1 Å². The highest BCUT2D eigenvalue weighted by Gasteiger charge is 2.12. The first-order chi connectivity index (χ1) is 14.8. The first kappa shape index (κ1) is 25.5. The van der Waals surface area contributed by atoms with Crippen molar-refractivity contribution in [2.24, 2.45) is 4.99 Å². The molecule has 0 bridgehead atoms. The maximum Gasteiger partial charge on any atom is 0.193 e. The molecule has 1 fully saturated rings. The van der Waals surface area contributed by atoms with Crippen molar-refractivity contribution < 1.29 is 13.9 Å². The van der Waals surface area contributed by atoms with Gasteiger partial charge in [0.15, 0.2) is 5.96 Å². The Bertz CT molecular complexity index is 764. The van der Waals surface area contributed by atoms with Crippen molar-refractivity contribution in [3.8, 4) is 5.75 Å². The molecule has 0 radical (unpaired) electrons. The lowest BCUT2D eigenvalue weighted by molar-refractivity contribution is 0.0377. The lowest BCUT2D eigenvalue weighted by Crippen LogP contribution is -2.40. The van der Waals surface area contributed by atoms with Gasteiger partial charge in [0.05, 0.1) is 26.6 Å². The van der Waals surface area contributed by atoms with Gasteiger partial charge in [0, 0.05) is 58.3 Å². The monoisotopic (exact) mass is 542 g/mol. The number of methoxy groups -OCH3 is 1. The zero-order valence-electron chi connectivity index (χ0n) is 18.6. The molecule has 0 unspecified atom stereocenters. The van der Waals surface area contributed by atoms with Crippen LogP contribution >= 0.6 is 24.0 Å². The number of para-hydroxylation sites is 1. The molecule has 0 saturated carbocycles. The minimum atomic E-state index is 0. The van der Waals surface area contributed by atoms with Crippen LogP contribution in [0.5, 0.6) is 5.75 Å². The molecule has 8 heteroatoms. The number of furan rings is 1. The zero-order valence-corrected chi connectivity index (χ0v) is 20.9. The van der Waals surface area contributed by atoms with E-state index in [1.165, 1.54) is 0 Å². The molecule has 1 aromatic heterocycles. The third kappa shape index (κ3) is 8.70. The third-order valence-electron chi connectivity index (χ3n) is 5.19. The molecule has 31 heavy (non-hydrogen) atoms. The fourth-order valence-electron chi connectivity index (χ4n) is 3.53. The van der Waals surface area contributed by atoms with Crippen molar-refractivity contribution in [2.45, 2.75) is 19.4 Å². The summed E-state index contributed by atoms with van der Waals surface area (Å²) < 4.78 is 16.4. The molecular weight excluding hydrogens is 507 g/mol. The number of morpholine rings is 1. The number of nitrogens with one attached hydrogen (secondary N) is 1. The Morgan fingerprint density at radius 1 is 1.19 bits per heavy atom. The molecule has 1 aliphatic heterocycles. The highest BCUT2D eigenvalue weighted by molar-refractivity contribution is 14.0. The summed E-state index contributed by atoms with van der Waals surface area (Å²) in [5.74, 6) is 2.77. The molecule has 0 spiro atoms. The van der Waals surface area contributed by atoms with Crippen molar-refractivity contribution >= 4 is 29.9 Å². The van der Waals surface area contributed by atoms with Gasteiger partial charge in [-0.15, -0.1) is 24.0 Å². The second-order valence-corrected chi connectivity index (χ2v) is 7.44. The van der Waals surface area contributed by atoms with Gasteiger partial charge in [0.25, 0.3) is 0 Å². The summed E-state index contributed by atoms with van der Waals surface area (Å²) in [5, 5.41) is 3.50. The Kier molecular flexibility index (Phi) is 11.8. The van der Waals surface area contributed by atoms with Crippen LogP contribution in [-0.2, 0) is 17.7 Å². The summed E-state index contributed by atoms with van der Waals surface area (Å²) in [6, 6.07) is 12.0. The van der Waals surface area contributed by atoms with E-state index in [2.05, 4.69) is 28.2 Å².